The Hall–Kier alpha value is -3.78. The standard InChI is InChI=1S/C26H26N4O3S/c1-14-6-9-19(10-7-14)28-23(31)18(5)30-13-27-25-21(26(30)33)17(4)22(34-25)24(32)29-20-11-8-15(2)12-16(20)3/h6-13,18H,1-5H3,(H,28,31)(H,29,32). The fraction of sp³-hybridized carbons (Fsp3) is 0.231. The summed E-state index contributed by atoms with van der Waals surface area (Å²) >= 11 is 1.17. The zero-order valence-electron chi connectivity index (χ0n) is 19.7. The maximum Gasteiger partial charge on any atom is 0.266 e. The molecule has 7 nitrogen and oxygen atoms in total. The van der Waals surface area contributed by atoms with Gasteiger partial charge in [-0.3, -0.25) is 19.0 Å². The number of fused-ring (bicyclic) bond motifs is 1. The van der Waals surface area contributed by atoms with E-state index in [1.165, 1.54) is 22.2 Å². The molecule has 0 spiro atoms. The number of amides is 2. The van der Waals surface area contributed by atoms with E-state index in [0.717, 1.165) is 22.4 Å². The molecule has 0 aliphatic carbocycles. The van der Waals surface area contributed by atoms with Crippen LogP contribution in [0.4, 0.5) is 11.4 Å². The van der Waals surface area contributed by atoms with Gasteiger partial charge in [-0.25, -0.2) is 4.98 Å². The van der Waals surface area contributed by atoms with Crippen molar-refractivity contribution in [2.75, 3.05) is 10.6 Å². The summed E-state index contributed by atoms with van der Waals surface area (Å²) < 4.78 is 1.30. The number of carbonyl (C=O) groups is 2. The molecule has 0 saturated carbocycles. The third kappa shape index (κ3) is 4.49. The molecule has 0 saturated heterocycles. The lowest BCUT2D eigenvalue weighted by molar-refractivity contribution is -0.118. The maximum absolute atomic E-state index is 13.3. The van der Waals surface area contributed by atoms with Crippen LogP contribution in [0.5, 0.6) is 0 Å². The molecule has 4 rings (SSSR count). The normalized spacial score (nSPS) is 11.9. The van der Waals surface area contributed by atoms with Gasteiger partial charge < -0.3 is 10.6 Å². The number of nitrogens with one attached hydrogen (secondary N) is 2. The van der Waals surface area contributed by atoms with Crippen LogP contribution >= 0.6 is 11.3 Å². The Morgan fingerprint density at radius 1 is 0.971 bits per heavy atom. The summed E-state index contributed by atoms with van der Waals surface area (Å²) in [7, 11) is 0. The van der Waals surface area contributed by atoms with E-state index in [0.29, 0.717) is 26.3 Å². The minimum Gasteiger partial charge on any atom is -0.324 e. The van der Waals surface area contributed by atoms with E-state index in [4.69, 9.17) is 0 Å². The van der Waals surface area contributed by atoms with Gasteiger partial charge in [0.25, 0.3) is 11.5 Å². The minimum atomic E-state index is -0.780. The molecule has 0 fully saturated rings. The average Bonchev–Trinajstić information content (AvgIpc) is 3.14. The monoisotopic (exact) mass is 474 g/mol. The fourth-order valence-corrected chi connectivity index (χ4v) is 4.81. The van der Waals surface area contributed by atoms with Gasteiger partial charge in [-0.05, 0) is 63.9 Å². The molecule has 2 aromatic heterocycles. The lowest BCUT2D eigenvalue weighted by Crippen LogP contribution is -2.31. The molecule has 2 heterocycles. The SMILES string of the molecule is Cc1ccc(NC(=O)C(C)n2cnc3sc(C(=O)Nc4ccc(C)cc4C)c(C)c3c2=O)cc1. The highest BCUT2D eigenvalue weighted by atomic mass is 32.1. The highest BCUT2D eigenvalue weighted by Gasteiger charge is 2.23. The van der Waals surface area contributed by atoms with Crippen LogP contribution in [0.1, 0.15) is 44.9 Å². The Kier molecular flexibility index (Phi) is 6.34. The molecule has 1 unspecified atom stereocenters. The Morgan fingerprint density at radius 3 is 2.32 bits per heavy atom. The second kappa shape index (κ2) is 9.23. The molecule has 0 aliphatic rings. The third-order valence-corrected chi connectivity index (χ3v) is 7.03. The van der Waals surface area contributed by atoms with Crippen LogP contribution in [-0.4, -0.2) is 21.4 Å². The van der Waals surface area contributed by atoms with Gasteiger partial charge in [0.15, 0.2) is 0 Å². The number of benzene rings is 2. The van der Waals surface area contributed by atoms with E-state index < -0.39 is 6.04 Å². The summed E-state index contributed by atoms with van der Waals surface area (Å²) in [4.78, 5) is 44.4. The Labute approximate surface area is 201 Å². The van der Waals surface area contributed by atoms with Crippen LogP contribution in [-0.2, 0) is 4.79 Å². The van der Waals surface area contributed by atoms with Crippen molar-refractivity contribution >= 4 is 44.7 Å². The van der Waals surface area contributed by atoms with Gasteiger partial charge in [-0.1, -0.05) is 35.4 Å². The van der Waals surface area contributed by atoms with E-state index in [-0.39, 0.29) is 17.4 Å². The van der Waals surface area contributed by atoms with Crippen LogP contribution < -0.4 is 16.2 Å². The Balaban J connectivity index is 1.62. The molecule has 0 aliphatic heterocycles. The van der Waals surface area contributed by atoms with Crippen LogP contribution in [0.15, 0.2) is 53.6 Å². The second-order valence-corrected chi connectivity index (χ2v) is 9.50. The first-order valence-electron chi connectivity index (χ1n) is 10.9. The van der Waals surface area contributed by atoms with Crippen LogP contribution in [0.25, 0.3) is 10.2 Å². The number of aryl methyl sites for hydroxylation is 4. The summed E-state index contributed by atoms with van der Waals surface area (Å²) in [5.41, 5.74) is 4.74. The highest BCUT2D eigenvalue weighted by molar-refractivity contribution is 7.20. The van der Waals surface area contributed by atoms with Crippen molar-refractivity contribution in [2.45, 2.75) is 40.7 Å². The molecule has 2 N–H and O–H groups in total. The van der Waals surface area contributed by atoms with Gasteiger partial charge in [-0.15, -0.1) is 11.3 Å². The van der Waals surface area contributed by atoms with Crippen molar-refractivity contribution in [3.8, 4) is 0 Å². The number of anilines is 2. The molecule has 2 aromatic carbocycles. The van der Waals surface area contributed by atoms with Crippen molar-refractivity contribution < 1.29 is 9.59 Å². The first-order chi connectivity index (χ1) is 16.2. The number of carbonyl (C=O) groups excluding carboxylic acids is 2. The molecule has 174 valence electrons. The summed E-state index contributed by atoms with van der Waals surface area (Å²) in [5.74, 6) is -0.614. The quantitative estimate of drug-likeness (QED) is 0.419. The number of thiophene rings is 1. The van der Waals surface area contributed by atoms with E-state index >= 15 is 0 Å². The first-order valence-corrected chi connectivity index (χ1v) is 11.7. The number of hydrogen-bond donors (Lipinski definition) is 2. The molecule has 4 aromatic rings. The zero-order valence-corrected chi connectivity index (χ0v) is 20.5. The molecule has 34 heavy (non-hydrogen) atoms. The van der Waals surface area contributed by atoms with E-state index in [1.54, 1.807) is 13.8 Å². The smallest absolute Gasteiger partial charge is 0.266 e. The minimum absolute atomic E-state index is 0.288. The molecule has 2 amide bonds. The van der Waals surface area contributed by atoms with E-state index in [9.17, 15) is 14.4 Å². The summed E-state index contributed by atoms with van der Waals surface area (Å²) in [6.07, 6.45) is 1.37. The predicted molar refractivity (Wildman–Crippen MR) is 137 cm³/mol. The molecule has 0 bridgehead atoms. The summed E-state index contributed by atoms with van der Waals surface area (Å²) in [6.45, 7) is 9.28. The van der Waals surface area contributed by atoms with Crippen LogP contribution in [0.3, 0.4) is 0 Å². The van der Waals surface area contributed by atoms with Crippen LogP contribution in [0.2, 0.25) is 0 Å². The molecule has 0 radical (unpaired) electrons. The summed E-state index contributed by atoms with van der Waals surface area (Å²) in [5, 5.41) is 6.12. The van der Waals surface area contributed by atoms with Crippen molar-refractivity contribution in [2.24, 2.45) is 0 Å². The van der Waals surface area contributed by atoms with E-state index in [2.05, 4.69) is 15.6 Å². The van der Waals surface area contributed by atoms with Gasteiger partial charge >= 0.3 is 0 Å². The van der Waals surface area contributed by atoms with Crippen LogP contribution in [0, 0.1) is 27.7 Å². The number of aromatic nitrogens is 2. The van der Waals surface area contributed by atoms with Gasteiger partial charge in [0.2, 0.25) is 5.91 Å². The van der Waals surface area contributed by atoms with Crippen molar-refractivity contribution in [1.29, 1.82) is 0 Å². The highest BCUT2D eigenvalue weighted by Crippen LogP contribution is 2.28. The lowest BCUT2D eigenvalue weighted by Gasteiger charge is -2.15. The third-order valence-electron chi connectivity index (χ3n) is 5.83. The van der Waals surface area contributed by atoms with Gasteiger partial charge in [0.1, 0.15) is 10.9 Å². The molecule has 8 heteroatoms. The van der Waals surface area contributed by atoms with Gasteiger partial charge in [0, 0.05) is 11.4 Å². The average molecular weight is 475 g/mol. The number of nitrogens with zero attached hydrogens (tertiary/aromatic N) is 2. The predicted octanol–water partition coefficient (Wildman–Crippen LogP) is 5.14. The molecule has 1 atom stereocenters. The topological polar surface area (TPSA) is 93.1 Å². The first kappa shape index (κ1) is 23.4. The van der Waals surface area contributed by atoms with Gasteiger partial charge in [0.05, 0.1) is 16.6 Å². The maximum atomic E-state index is 13.3. The van der Waals surface area contributed by atoms with Gasteiger partial charge in [-0.2, -0.15) is 0 Å². The zero-order chi connectivity index (χ0) is 24.6. The van der Waals surface area contributed by atoms with Crippen molar-refractivity contribution in [1.82, 2.24) is 9.55 Å². The lowest BCUT2D eigenvalue weighted by atomic mass is 10.1. The van der Waals surface area contributed by atoms with E-state index in [1.807, 2.05) is 63.2 Å². The molecular formula is C26H26N4O3S. The molecular weight excluding hydrogens is 448 g/mol. The van der Waals surface area contributed by atoms with Crippen molar-refractivity contribution in [3.05, 3.63) is 86.3 Å². The fourth-order valence-electron chi connectivity index (χ4n) is 3.77. The second-order valence-electron chi connectivity index (χ2n) is 8.50. The van der Waals surface area contributed by atoms with Crippen molar-refractivity contribution in [3.63, 3.8) is 0 Å². The Bertz CT molecular complexity index is 1470. The number of rotatable bonds is 5. The largest absolute Gasteiger partial charge is 0.324 e. The summed E-state index contributed by atoms with van der Waals surface area (Å²) in [6, 6.07) is 12.4. The number of hydrogen-bond acceptors (Lipinski definition) is 5. The Morgan fingerprint density at radius 2 is 1.65 bits per heavy atom.